The van der Waals surface area contributed by atoms with E-state index in [1.807, 2.05) is 18.2 Å². The summed E-state index contributed by atoms with van der Waals surface area (Å²) in [5.41, 5.74) is 8.06. The summed E-state index contributed by atoms with van der Waals surface area (Å²) in [6, 6.07) is 6.00. The first-order valence-corrected chi connectivity index (χ1v) is 8.97. The molecule has 0 bridgehead atoms. The highest BCUT2D eigenvalue weighted by atomic mass is 16.5. The smallest absolute Gasteiger partial charge is 0.201 e. The Morgan fingerprint density at radius 2 is 2.04 bits per heavy atom. The van der Waals surface area contributed by atoms with Crippen LogP contribution in [0.25, 0.3) is 11.0 Å². The standard InChI is InChI=1S/C18H29N5O2/c1-21(2)6-3-7-23-17-14-15(4-5-16(17)20-18(23)19)25-13-10-22-8-11-24-12-9-22/h4-5,14H,3,6-13H2,1-2H3,(H2,19,20). The van der Waals surface area contributed by atoms with E-state index in [4.69, 9.17) is 15.2 Å². The van der Waals surface area contributed by atoms with E-state index in [1.165, 1.54) is 0 Å². The molecule has 7 heteroatoms. The first-order valence-electron chi connectivity index (χ1n) is 8.97. The number of aryl methyl sites for hydroxylation is 1. The lowest BCUT2D eigenvalue weighted by Crippen LogP contribution is -2.38. The fourth-order valence-electron chi connectivity index (χ4n) is 3.11. The monoisotopic (exact) mass is 347 g/mol. The molecule has 1 aliphatic rings. The molecule has 2 heterocycles. The van der Waals surface area contributed by atoms with E-state index < -0.39 is 0 Å². The van der Waals surface area contributed by atoms with Crippen LogP contribution in [0, 0.1) is 0 Å². The lowest BCUT2D eigenvalue weighted by molar-refractivity contribution is 0.0322. The van der Waals surface area contributed by atoms with Gasteiger partial charge in [0.15, 0.2) is 0 Å². The average Bonchev–Trinajstić information content (AvgIpc) is 2.91. The lowest BCUT2D eigenvalue weighted by atomic mass is 10.3. The van der Waals surface area contributed by atoms with Gasteiger partial charge in [-0.2, -0.15) is 0 Å². The van der Waals surface area contributed by atoms with Gasteiger partial charge in [-0.25, -0.2) is 4.98 Å². The van der Waals surface area contributed by atoms with Crippen molar-refractivity contribution in [3.8, 4) is 5.75 Å². The molecule has 1 saturated heterocycles. The van der Waals surface area contributed by atoms with Gasteiger partial charge in [-0.3, -0.25) is 4.90 Å². The predicted octanol–water partition coefficient (Wildman–Crippen LogP) is 1.28. The number of nitrogens with two attached hydrogens (primary N) is 1. The van der Waals surface area contributed by atoms with E-state index in [9.17, 15) is 0 Å². The summed E-state index contributed by atoms with van der Waals surface area (Å²) in [7, 11) is 4.16. The molecule has 0 aliphatic carbocycles. The van der Waals surface area contributed by atoms with E-state index in [2.05, 4.69) is 33.4 Å². The van der Waals surface area contributed by atoms with Crippen LogP contribution in [-0.2, 0) is 11.3 Å². The van der Waals surface area contributed by atoms with E-state index in [-0.39, 0.29) is 0 Å². The molecule has 0 saturated carbocycles. The van der Waals surface area contributed by atoms with Gasteiger partial charge in [0.25, 0.3) is 0 Å². The number of rotatable bonds is 8. The van der Waals surface area contributed by atoms with E-state index in [1.54, 1.807) is 0 Å². The highest BCUT2D eigenvalue weighted by Gasteiger charge is 2.11. The normalized spacial score (nSPS) is 16.0. The predicted molar refractivity (Wildman–Crippen MR) is 100 cm³/mol. The van der Waals surface area contributed by atoms with E-state index >= 15 is 0 Å². The quantitative estimate of drug-likeness (QED) is 0.776. The van der Waals surface area contributed by atoms with E-state index in [0.717, 1.165) is 69.1 Å². The van der Waals surface area contributed by atoms with Gasteiger partial charge in [-0.05, 0) is 39.2 Å². The molecule has 0 unspecified atom stereocenters. The summed E-state index contributed by atoms with van der Waals surface area (Å²) < 4.78 is 13.4. The zero-order valence-electron chi connectivity index (χ0n) is 15.3. The zero-order valence-corrected chi connectivity index (χ0v) is 15.3. The van der Waals surface area contributed by atoms with Crippen LogP contribution in [0.15, 0.2) is 18.2 Å². The maximum atomic E-state index is 6.10. The highest BCUT2D eigenvalue weighted by Crippen LogP contribution is 2.23. The first-order chi connectivity index (χ1) is 12.1. The number of nitrogen functional groups attached to an aromatic ring is 1. The Kier molecular flexibility index (Phi) is 6.12. The van der Waals surface area contributed by atoms with Crippen molar-refractivity contribution in [1.29, 1.82) is 0 Å². The minimum atomic E-state index is 0.569. The van der Waals surface area contributed by atoms with Crippen molar-refractivity contribution in [3.63, 3.8) is 0 Å². The second kappa shape index (κ2) is 8.51. The molecule has 0 amide bonds. The Morgan fingerprint density at radius 1 is 1.24 bits per heavy atom. The Morgan fingerprint density at radius 3 is 2.80 bits per heavy atom. The number of hydrogen-bond donors (Lipinski definition) is 1. The molecule has 3 rings (SSSR count). The topological polar surface area (TPSA) is 68.8 Å². The second-order valence-corrected chi connectivity index (χ2v) is 6.73. The van der Waals surface area contributed by atoms with Crippen LogP contribution in [0.3, 0.4) is 0 Å². The van der Waals surface area contributed by atoms with Gasteiger partial charge in [0.1, 0.15) is 12.4 Å². The van der Waals surface area contributed by atoms with Gasteiger partial charge in [-0.15, -0.1) is 0 Å². The molecule has 2 aromatic rings. The molecule has 0 radical (unpaired) electrons. The number of aromatic nitrogens is 2. The number of fused-ring (bicyclic) bond motifs is 1. The molecule has 1 aromatic heterocycles. The number of ether oxygens (including phenoxy) is 2. The number of hydrogen-bond acceptors (Lipinski definition) is 6. The van der Waals surface area contributed by atoms with Crippen LogP contribution < -0.4 is 10.5 Å². The largest absolute Gasteiger partial charge is 0.492 e. The van der Waals surface area contributed by atoms with Gasteiger partial charge in [0, 0.05) is 32.2 Å². The Labute approximate surface area is 149 Å². The van der Waals surface area contributed by atoms with Gasteiger partial charge in [0.2, 0.25) is 5.95 Å². The molecule has 7 nitrogen and oxygen atoms in total. The molecular formula is C18H29N5O2. The van der Waals surface area contributed by atoms with Crippen molar-refractivity contribution >= 4 is 17.0 Å². The van der Waals surface area contributed by atoms with Crippen molar-refractivity contribution in [2.75, 3.05) is 65.8 Å². The lowest BCUT2D eigenvalue weighted by Gasteiger charge is -2.26. The van der Waals surface area contributed by atoms with Crippen molar-refractivity contribution in [2.24, 2.45) is 0 Å². The van der Waals surface area contributed by atoms with Crippen molar-refractivity contribution in [2.45, 2.75) is 13.0 Å². The minimum Gasteiger partial charge on any atom is -0.492 e. The first kappa shape index (κ1) is 18.0. The molecule has 138 valence electrons. The Balaban J connectivity index is 1.61. The molecule has 0 spiro atoms. The number of morpholine rings is 1. The van der Waals surface area contributed by atoms with Crippen LogP contribution >= 0.6 is 0 Å². The van der Waals surface area contributed by atoms with Crippen molar-refractivity contribution < 1.29 is 9.47 Å². The molecule has 25 heavy (non-hydrogen) atoms. The summed E-state index contributed by atoms with van der Waals surface area (Å²) in [6.45, 7) is 7.08. The molecule has 2 N–H and O–H groups in total. The molecular weight excluding hydrogens is 318 g/mol. The maximum Gasteiger partial charge on any atom is 0.201 e. The van der Waals surface area contributed by atoms with Crippen LogP contribution in [-0.4, -0.2) is 79.4 Å². The number of benzene rings is 1. The molecule has 1 fully saturated rings. The van der Waals surface area contributed by atoms with Crippen molar-refractivity contribution in [1.82, 2.24) is 19.4 Å². The molecule has 1 aromatic carbocycles. The third-order valence-electron chi connectivity index (χ3n) is 4.52. The summed E-state index contributed by atoms with van der Waals surface area (Å²) in [4.78, 5) is 9.00. The third kappa shape index (κ3) is 4.84. The van der Waals surface area contributed by atoms with Crippen LogP contribution in [0.2, 0.25) is 0 Å². The van der Waals surface area contributed by atoms with Gasteiger partial charge in [-0.1, -0.05) is 0 Å². The third-order valence-corrected chi connectivity index (χ3v) is 4.52. The maximum absolute atomic E-state index is 6.10. The highest BCUT2D eigenvalue weighted by molar-refractivity contribution is 5.79. The van der Waals surface area contributed by atoms with Gasteiger partial charge in [0.05, 0.1) is 24.2 Å². The zero-order chi connectivity index (χ0) is 17.6. The van der Waals surface area contributed by atoms with Crippen LogP contribution in [0.1, 0.15) is 6.42 Å². The van der Waals surface area contributed by atoms with E-state index in [0.29, 0.717) is 12.6 Å². The number of anilines is 1. The molecule has 0 atom stereocenters. The van der Waals surface area contributed by atoms with Crippen LogP contribution in [0.4, 0.5) is 5.95 Å². The molecule has 1 aliphatic heterocycles. The summed E-state index contributed by atoms with van der Waals surface area (Å²) in [5.74, 6) is 1.44. The SMILES string of the molecule is CN(C)CCCn1c(N)nc2ccc(OCCN3CCOCC3)cc21. The average molecular weight is 347 g/mol. The van der Waals surface area contributed by atoms with Gasteiger partial charge < -0.3 is 24.7 Å². The number of imidazole rings is 1. The summed E-state index contributed by atoms with van der Waals surface area (Å²) in [6.07, 6.45) is 1.03. The fourth-order valence-corrected chi connectivity index (χ4v) is 3.11. The number of nitrogens with zero attached hydrogens (tertiary/aromatic N) is 4. The van der Waals surface area contributed by atoms with Crippen molar-refractivity contribution in [3.05, 3.63) is 18.2 Å². The summed E-state index contributed by atoms with van der Waals surface area (Å²) >= 11 is 0. The minimum absolute atomic E-state index is 0.569. The second-order valence-electron chi connectivity index (χ2n) is 6.73. The Bertz CT molecular complexity index is 679. The van der Waals surface area contributed by atoms with Crippen LogP contribution in [0.5, 0.6) is 5.75 Å². The fraction of sp³-hybridized carbons (Fsp3) is 0.611. The van der Waals surface area contributed by atoms with Gasteiger partial charge >= 0.3 is 0 Å². The Hall–Kier alpha value is -1.83. The summed E-state index contributed by atoms with van der Waals surface area (Å²) in [5, 5.41) is 0.